The van der Waals surface area contributed by atoms with Crippen LogP contribution >= 0.6 is 11.8 Å². The molecular weight excluding hydrogens is 415 g/mol. The van der Waals surface area contributed by atoms with Crippen molar-refractivity contribution in [3.63, 3.8) is 0 Å². The number of nitrogens with zero attached hydrogens (tertiary/aromatic N) is 5. The summed E-state index contributed by atoms with van der Waals surface area (Å²) in [4.78, 5) is 12.2. The van der Waals surface area contributed by atoms with Crippen molar-refractivity contribution in [1.82, 2.24) is 24.5 Å². The molecule has 0 aliphatic heterocycles. The van der Waals surface area contributed by atoms with Crippen LogP contribution in [-0.2, 0) is 18.9 Å². The summed E-state index contributed by atoms with van der Waals surface area (Å²) in [5.41, 5.74) is 4.26. The fourth-order valence-corrected chi connectivity index (χ4v) is 3.86. The molecule has 1 amide bonds. The molecule has 7 nitrogen and oxygen atoms in total. The summed E-state index contributed by atoms with van der Waals surface area (Å²) in [6, 6.07) is 13.9. The van der Waals surface area contributed by atoms with Gasteiger partial charge in [0.05, 0.1) is 11.3 Å². The Hall–Kier alpha value is -3.46. The highest BCUT2D eigenvalue weighted by molar-refractivity contribution is 7.99. The van der Waals surface area contributed by atoms with E-state index in [9.17, 15) is 9.18 Å². The zero-order valence-electron chi connectivity index (χ0n) is 17.3. The van der Waals surface area contributed by atoms with Gasteiger partial charge in [-0.1, -0.05) is 47.7 Å². The molecule has 158 valence electrons. The number of carbonyl (C=O) groups is 1. The number of thioether (sulfide) groups is 1. The smallest absolute Gasteiger partial charge is 0.234 e. The van der Waals surface area contributed by atoms with E-state index in [1.807, 2.05) is 56.0 Å². The lowest BCUT2D eigenvalue weighted by Gasteiger charge is -2.06. The lowest BCUT2D eigenvalue weighted by Crippen LogP contribution is -2.14. The second-order valence-corrected chi connectivity index (χ2v) is 8.09. The number of nitrogens with one attached hydrogen (secondary N) is 1. The molecule has 4 aromatic rings. The summed E-state index contributed by atoms with van der Waals surface area (Å²) < 4.78 is 16.9. The predicted octanol–water partition coefficient (Wildman–Crippen LogP) is 4.06. The van der Waals surface area contributed by atoms with Crippen molar-refractivity contribution >= 4 is 23.4 Å². The van der Waals surface area contributed by atoms with Gasteiger partial charge in [0, 0.05) is 31.5 Å². The maximum absolute atomic E-state index is 13.3. The zero-order valence-corrected chi connectivity index (χ0v) is 18.2. The topological polar surface area (TPSA) is 77.6 Å². The van der Waals surface area contributed by atoms with Gasteiger partial charge in [-0.25, -0.2) is 4.39 Å². The van der Waals surface area contributed by atoms with Crippen LogP contribution in [0.15, 0.2) is 59.9 Å². The number of aromatic nitrogens is 5. The summed E-state index contributed by atoms with van der Waals surface area (Å²) in [5.74, 6) is 0.142. The minimum absolute atomic E-state index is 0.125. The number of rotatable bonds is 6. The monoisotopic (exact) mass is 436 g/mol. The Morgan fingerprint density at radius 2 is 1.90 bits per heavy atom. The van der Waals surface area contributed by atoms with Crippen LogP contribution in [-0.4, -0.2) is 36.2 Å². The Morgan fingerprint density at radius 1 is 1.13 bits per heavy atom. The van der Waals surface area contributed by atoms with Gasteiger partial charge in [0.15, 0.2) is 11.0 Å². The second-order valence-electron chi connectivity index (χ2n) is 7.14. The van der Waals surface area contributed by atoms with Crippen LogP contribution in [0.2, 0.25) is 0 Å². The van der Waals surface area contributed by atoms with E-state index in [1.54, 1.807) is 16.8 Å². The highest BCUT2D eigenvalue weighted by Gasteiger charge is 2.19. The van der Waals surface area contributed by atoms with Gasteiger partial charge in [-0.2, -0.15) is 5.10 Å². The molecule has 0 bridgehead atoms. The maximum Gasteiger partial charge on any atom is 0.234 e. The van der Waals surface area contributed by atoms with Gasteiger partial charge in [-0.15, -0.1) is 10.2 Å². The van der Waals surface area contributed by atoms with Crippen LogP contribution in [0, 0.1) is 12.7 Å². The van der Waals surface area contributed by atoms with Gasteiger partial charge < -0.3 is 9.88 Å². The van der Waals surface area contributed by atoms with Crippen molar-refractivity contribution in [3.8, 4) is 22.6 Å². The summed E-state index contributed by atoms with van der Waals surface area (Å²) in [6.07, 6.45) is 1.91. The normalized spacial score (nSPS) is 11.0. The molecule has 0 spiro atoms. The van der Waals surface area contributed by atoms with E-state index in [0.717, 1.165) is 16.8 Å². The third kappa shape index (κ3) is 4.66. The Labute approximate surface area is 183 Å². The van der Waals surface area contributed by atoms with Crippen LogP contribution in [0.3, 0.4) is 0 Å². The van der Waals surface area contributed by atoms with Crippen LogP contribution in [0.4, 0.5) is 10.1 Å². The Morgan fingerprint density at radius 3 is 2.65 bits per heavy atom. The second kappa shape index (κ2) is 8.73. The largest absolute Gasteiger partial charge is 0.325 e. The predicted molar refractivity (Wildman–Crippen MR) is 119 cm³/mol. The van der Waals surface area contributed by atoms with Crippen LogP contribution in [0.5, 0.6) is 0 Å². The highest BCUT2D eigenvalue weighted by atomic mass is 32.2. The summed E-state index contributed by atoms with van der Waals surface area (Å²) in [5, 5.41) is 16.5. The van der Waals surface area contributed by atoms with E-state index in [2.05, 4.69) is 20.6 Å². The molecule has 0 radical (unpaired) electrons. The van der Waals surface area contributed by atoms with E-state index in [4.69, 9.17) is 0 Å². The molecule has 0 saturated heterocycles. The van der Waals surface area contributed by atoms with Crippen molar-refractivity contribution in [1.29, 1.82) is 0 Å². The molecule has 0 unspecified atom stereocenters. The molecule has 0 aliphatic carbocycles. The molecule has 2 aromatic heterocycles. The lowest BCUT2D eigenvalue weighted by atomic mass is 10.1. The highest BCUT2D eigenvalue weighted by Crippen LogP contribution is 2.31. The Bertz CT molecular complexity index is 1230. The molecule has 0 saturated carbocycles. The zero-order chi connectivity index (χ0) is 22.0. The molecule has 9 heteroatoms. The number of anilines is 1. The molecule has 0 aliphatic rings. The quantitative estimate of drug-likeness (QED) is 0.461. The van der Waals surface area contributed by atoms with Gasteiger partial charge in [-0.05, 0) is 25.1 Å². The molecule has 0 fully saturated rings. The summed E-state index contributed by atoms with van der Waals surface area (Å²) >= 11 is 1.26. The van der Waals surface area contributed by atoms with Gasteiger partial charge in [-0.3, -0.25) is 9.48 Å². The number of carbonyl (C=O) groups excluding carboxylic acids is 1. The molecule has 0 atom stereocenters. The van der Waals surface area contributed by atoms with Crippen molar-refractivity contribution in [2.75, 3.05) is 11.1 Å². The minimum atomic E-state index is -0.399. The average Bonchev–Trinajstić information content (AvgIpc) is 3.29. The van der Waals surface area contributed by atoms with Gasteiger partial charge in [0.1, 0.15) is 11.5 Å². The number of amides is 1. The standard InChI is InChI=1S/C22H21FN6OS/c1-14-7-9-15(10-8-14)20-18(12-28(2)27-20)21-25-26-22(29(21)3)31-13-19(30)24-17-6-4-5-16(23)11-17/h4-12H,13H2,1-3H3,(H,24,30). The minimum Gasteiger partial charge on any atom is -0.325 e. The molecule has 2 heterocycles. The molecule has 2 aromatic carbocycles. The fraction of sp³-hybridized carbons (Fsp3) is 0.182. The molecule has 4 rings (SSSR count). The number of hydrogen-bond acceptors (Lipinski definition) is 5. The molecule has 1 N–H and O–H groups in total. The first-order valence-corrected chi connectivity index (χ1v) is 10.6. The van der Waals surface area contributed by atoms with E-state index >= 15 is 0 Å². The third-order valence-electron chi connectivity index (χ3n) is 4.67. The first kappa shape index (κ1) is 20.8. The van der Waals surface area contributed by atoms with E-state index in [0.29, 0.717) is 16.7 Å². The fourth-order valence-electron chi connectivity index (χ4n) is 3.15. The van der Waals surface area contributed by atoms with Crippen LogP contribution < -0.4 is 5.32 Å². The van der Waals surface area contributed by atoms with Crippen molar-refractivity contribution < 1.29 is 9.18 Å². The average molecular weight is 437 g/mol. The summed E-state index contributed by atoms with van der Waals surface area (Å²) in [7, 11) is 3.72. The van der Waals surface area contributed by atoms with Crippen molar-refractivity contribution in [2.45, 2.75) is 12.1 Å². The number of halogens is 1. The number of aryl methyl sites for hydroxylation is 2. The van der Waals surface area contributed by atoms with E-state index < -0.39 is 5.82 Å². The maximum atomic E-state index is 13.3. The number of benzene rings is 2. The van der Waals surface area contributed by atoms with Gasteiger partial charge >= 0.3 is 0 Å². The van der Waals surface area contributed by atoms with E-state index in [1.165, 1.54) is 29.5 Å². The Balaban J connectivity index is 1.51. The van der Waals surface area contributed by atoms with Crippen LogP contribution in [0.25, 0.3) is 22.6 Å². The van der Waals surface area contributed by atoms with E-state index in [-0.39, 0.29) is 11.7 Å². The Kier molecular flexibility index (Phi) is 5.85. The molecule has 31 heavy (non-hydrogen) atoms. The lowest BCUT2D eigenvalue weighted by molar-refractivity contribution is -0.113. The van der Waals surface area contributed by atoms with Crippen LogP contribution in [0.1, 0.15) is 5.56 Å². The molecular formula is C22H21FN6OS. The SMILES string of the molecule is Cc1ccc(-c2nn(C)cc2-c2nnc(SCC(=O)Nc3cccc(F)c3)n2C)cc1. The third-order valence-corrected chi connectivity index (χ3v) is 5.69. The van der Waals surface area contributed by atoms with Crippen molar-refractivity contribution in [3.05, 3.63) is 66.1 Å². The first-order chi connectivity index (χ1) is 14.9. The van der Waals surface area contributed by atoms with Crippen molar-refractivity contribution in [2.24, 2.45) is 14.1 Å². The first-order valence-electron chi connectivity index (χ1n) is 9.59. The van der Waals surface area contributed by atoms with Gasteiger partial charge in [0.25, 0.3) is 0 Å². The summed E-state index contributed by atoms with van der Waals surface area (Å²) in [6.45, 7) is 2.04. The van der Waals surface area contributed by atoms with Gasteiger partial charge in [0.2, 0.25) is 5.91 Å². The number of hydrogen-bond donors (Lipinski definition) is 1.